The molecule has 1 amide bonds. The molecule has 150 valence electrons. The van der Waals surface area contributed by atoms with Crippen molar-refractivity contribution in [1.82, 2.24) is 20.3 Å². The molecule has 3 N–H and O–H groups in total. The van der Waals surface area contributed by atoms with Gasteiger partial charge in [0.25, 0.3) is 0 Å². The van der Waals surface area contributed by atoms with Gasteiger partial charge in [0.2, 0.25) is 11.8 Å². The highest BCUT2D eigenvalue weighted by molar-refractivity contribution is 7.80. The van der Waals surface area contributed by atoms with Gasteiger partial charge < -0.3 is 20.4 Å². The van der Waals surface area contributed by atoms with Crippen LogP contribution in [0.3, 0.4) is 0 Å². The van der Waals surface area contributed by atoms with Gasteiger partial charge in [0.1, 0.15) is 11.8 Å². The van der Waals surface area contributed by atoms with E-state index in [9.17, 15) is 9.18 Å². The minimum atomic E-state index is -0.614. The first kappa shape index (κ1) is 19.5. The lowest BCUT2D eigenvalue weighted by Crippen LogP contribution is -2.35. The number of carbonyl (C=O) groups excluding carboxylic acids is 1. The molecule has 0 spiro atoms. The molecule has 0 aliphatic rings. The van der Waals surface area contributed by atoms with E-state index in [2.05, 4.69) is 25.6 Å². The number of nitrogens with zero attached hydrogens (tertiary/aromatic N) is 2. The van der Waals surface area contributed by atoms with Gasteiger partial charge in [-0.1, -0.05) is 30.3 Å². The fraction of sp³-hybridized carbons (Fsp3) is 0.0476. The first-order chi connectivity index (χ1) is 14.6. The molecule has 4 aromatic rings. The van der Waals surface area contributed by atoms with Crippen molar-refractivity contribution < 1.29 is 13.9 Å². The van der Waals surface area contributed by atoms with E-state index in [-0.39, 0.29) is 29.1 Å². The van der Waals surface area contributed by atoms with E-state index in [1.165, 1.54) is 18.5 Å². The maximum atomic E-state index is 14.5. The number of hydrogen-bond acceptors (Lipinski definition) is 5. The first-order valence-electron chi connectivity index (χ1n) is 8.99. The Morgan fingerprint density at radius 3 is 2.77 bits per heavy atom. The molecule has 2 aromatic heterocycles. The van der Waals surface area contributed by atoms with Gasteiger partial charge in [-0.15, -0.1) is 0 Å². The molecule has 0 fully saturated rings. The zero-order chi connectivity index (χ0) is 20.9. The Bertz CT molecular complexity index is 1210. The molecule has 0 bridgehead atoms. The Labute approximate surface area is 176 Å². The predicted octanol–water partition coefficient (Wildman–Crippen LogP) is 3.95. The topological polar surface area (TPSA) is 91.9 Å². The molecule has 2 aromatic carbocycles. The summed E-state index contributed by atoms with van der Waals surface area (Å²) >= 11 is 5.13. The highest BCUT2D eigenvalue weighted by Crippen LogP contribution is 2.28. The van der Waals surface area contributed by atoms with E-state index in [0.29, 0.717) is 16.7 Å². The Morgan fingerprint density at radius 1 is 1.13 bits per heavy atom. The van der Waals surface area contributed by atoms with E-state index >= 15 is 0 Å². The van der Waals surface area contributed by atoms with Crippen LogP contribution in [0.4, 0.5) is 10.1 Å². The molecular formula is C21H16FN5O2S. The summed E-state index contributed by atoms with van der Waals surface area (Å²) in [5, 5.41) is 5.44. The molecule has 0 atom stereocenters. The van der Waals surface area contributed by atoms with Gasteiger partial charge in [-0.05, 0) is 36.0 Å². The summed E-state index contributed by atoms with van der Waals surface area (Å²) < 4.78 is 20.1. The molecule has 0 unspecified atom stereocenters. The maximum Gasteiger partial charge on any atom is 0.247 e. The van der Waals surface area contributed by atoms with Gasteiger partial charge in [-0.25, -0.2) is 9.37 Å². The molecule has 9 heteroatoms. The average Bonchev–Trinajstić information content (AvgIpc) is 3.20. The number of amides is 1. The number of aromatic nitrogens is 3. The Kier molecular flexibility index (Phi) is 5.62. The number of ether oxygens (including phenoxy) is 1. The predicted molar refractivity (Wildman–Crippen MR) is 115 cm³/mol. The van der Waals surface area contributed by atoms with Crippen molar-refractivity contribution in [3.8, 4) is 11.6 Å². The molecular weight excluding hydrogens is 405 g/mol. The third-order valence-electron chi connectivity index (χ3n) is 4.17. The van der Waals surface area contributed by atoms with Gasteiger partial charge in [0, 0.05) is 18.0 Å². The number of halogens is 1. The zero-order valence-electron chi connectivity index (χ0n) is 15.6. The van der Waals surface area contributed by atoms with Crippen LogP contribution >= 0.6 is 12.2 Å². The van der Waals surface area contributed by atoms with Crippen LogP contribution in [0.1, 0.15) is 5.56 Å². The fourth-order valence-corrected chi connectivity index (χ4v) is 3.04. The van der Waals surface area contributed by atoms with Crippen molar-refractivity contribution in [2.75, 3.05) is 5.32 Å². The zero-order valence-corrected chi connectivity index (χ0v) is 16.4. The minimum absolute atomic E-state index is 0.00539. The Morgan fingerprint density at radius 2 is 1.97 bits per heavy atom. The number of carbonyl (C=O) groups is 1. The van der Waals surface area contributed by atoms with E-state index in [1.807, 2.05) is 30.3 Å². The van der Waals surface area contributed by atoms with Crippen molar-refractivity contribution in [3.05, 3.63) is 78.5 Å². The quantitative estimate of drug-likeness (QED) is 0.423. The second kappa shape index (κ2) is 8.66. The van der Waals surface area contributed by atoms with Gasteiger partial charge in [0.15, 0.2) is 16.7 Å². The van der Waals surface area contributed by atoms with Crippen LogP contribution in [-0.4, -0.2) is 26.0 Å². The van der Waals surface area contributed by atoms with Gasteiger partial charge >= 0.3 is 0 Å². The van der Waals surface area contributed by atoms with Crippen LogP contribution in [0.25, 0.3) is 11.0 Å². The SMILES string of the molecule is O=C(Cc1ccccc1)NC(=S)Nc1ccc(Oc2ncnc3cc[nH]c23)c(F)c1. The van der Waals surface area contributed by atoms with E-state index in [0.717, 1.165) is 5.56 Å². The van der Waals surface area contributed by atoms with Crippen LogP contribution in [0.2, 0.25) is 0 Å². The smallest absolute Gasteiger partial charge is 0.247 e. The van der Waals surface area contributed by atoms with Gasteiger partial charge in [0.05, 0.1) is 11.9 Å². The molecule has 0 saturated carbocycles. The van der Waals surface area contributed by atoms with Crippen LogP contribution in [-0.2, 0) is 11.2 Å². The number of benzene rings is 2. The van der Waals surface area contributed by atoms with Crippen molar-refractivity contribution in [1.29, 1.82) is 0 Å². The molecule has 0 saturated heterocycles. The van der Waals surface area contributed by atoms with E-state index in [1.54, 1.807) is 18.3 Å². The summed E-state index contributed by atoms with van der Waals surface area (Å²) in [7, 11) is 0. The van der Waals surface area contributed by atoms with Crippen LogP contribution in [0.5, 0.6) is 11.6 Å². The van der Waals surface area contributed by atoms with Gasteiger partial charge in [-0.2, -0.15) is 4.98 Å². The first-order valence-corrected chi connectivity index (χ1v) is 9.39. The monoisotopic (exact) mass is 421 g/mol. The maximum absolute atomic E-state index is 14.5. The second-order valence-corrected chi connectivity index (χ2v) is 6.74. The highest BCUT2D eigenvalue weighted by atomic mass is 32.1. The molecule has 0 aliphatic carbocycles. The molecule has 0 radical (unpaired) electrons. The van der Waals surface area contributed by atoms with Crippen molar-refractivity contribution in [2.24, 2.45) is 0 Å². The van der Waals surface area contributed by atoms with Crippen molar-refractivity contribution >= 4 is 40.0 Å². The lowest BCUT2D eigenvalue weighted by Gasteiger charge is -2.11. The summed E-state index contributed by atoms with van der Waals surface area (Å²) in [5.41, 5.74) is 2.47. The molecule has 7 nitrogen and oxygen atoms in total. The Balaban J connectivity index is 1.39. The summed E-state index contributed by atoms with van der Waals surface area (Å²) in [6.07, 6.45) is 3.23. The second-order valence-electron chi connectivity index (χ2n) is 6.33. The summed E-state index contributed by atoms with van der Waals surface area (Å²) in [6.45, 7) is 0. The van der Waals surface area contributed by atoms with Crippen LogP contribution in [0, 0.1) is 5.82 Å². The third-order valence-corrected chi connectivity index (χ3v) is 4.37. The normalized spacial score (nSPS) is 10.6. The van der Waals surface area contributed by atoms with E-state index < -0.39 is 5.82 Å². The van der Waals surface area contributed by atoms with Crippen LogP contribution < -0.4 is 15.4 Å². The largest absolute Gasteiger partial charge is 0.434 e. The van der Waals surface area contributed by atoms with E-state index in [4.69, 9.17) is 17.0 Å². The molecule has 4 rings (SSSR count). The third kappa shape index (κ3) is 4.58. The molecule has 30 heavy (non-hydrogen) atoms. The average molecular weight is 421 g/mol. The highest BCUT2D eigenvalue weighted by Gasteiger charge is 2.12. The number of aromatic amines is 1. The lowest BCUT2D eigenvalue weighted by molar-refractivity contribution is -0.119. The number of nitrogens with one attached hydrogen (secondary N) is 3. The fourth-order valence-electron chi connectivity index (χ4n) is 2.81. The number of anilines is 1. The Hall–Kier alpha value is -3.85. The summed E-state index contributed by atoms with van der Waals surface area (Å²) in [4.78, 5) is 23.2. The van der Waals surface area contributed by atoms with Crippen LogP contribution in [0.15, 0.2) is 67.1 Å². The standard InChI is InChI=1S/C21H16FN5O2S/c22-15-11-14(26-21(30)27-18(28)10-13-4-2-1-3-5-13)6-7-17(15)29-20-19-16(8-9-23-19)24-12-25-20/h1-9,11-12,23H,10H2,(H2,26,27,28,30). The summed E-state index contributed by atoms with van der Waals surface area (Å²) in [6, 6.07) is 15.3. The number of fused-ring (bicyclic) bond motifs is 1. The van der Waals surface area contributed by atoms with Gasteiger partial charge in [-0.3, -0.25) is 4.79 Å². The van der Waals surface area contributed by atoms with Crippen molar-refractivity contribution in [2.45, 2.75) is 6.42 Å². The number of hydrogen-bond donors (Lipinski definition) is 3. The number of rotatable bonds is 5. The number of H-pyrrole nitrogens is 1. The van der Waals surface area contributed by atoms with Crippen molar-refractivity contribution in [3.63, 3.8) is 0 Å². The summed E-state index contributed by atoms with van der Waals surface area (Å²) in [5.74, 6) is -0.669. The number of thiocarbonyl (C=S) groups is 1. The lowest BCUT2D eigenvalue weighted by atomic mass is 10.1. The molecule has 2 heterocycles. The molecule has 0 aliphatic heterocycles. The minimum Gasteiger partial charge on any atom is -0.434 e.